The van der Waals surface area contributed by atoms with Gasteiger partial charge in [-0.15, -0.1) is 0 Å². The Morgan fingerprint density at radius 3 is 2.38 bits per heavy atom. The normalized spacial score (nSPS) is 16.7. The molecular formula is C21H23N5O5S. The Balaban J connectivity index is 1.67. The van der Waals surface area contributed by atoms with Crippen LogP contribution >= 0.6 is 0 Å². The van der Waals surface area contributed by atoms with Crippen molar-refractivity contribution < 1.29 is 23.1 Å². The highest BCUT2D eigenvalue weighted by atomic mass is 32.2. The summed E-state index contributed by atoms with van der Waals surface area (Å²) in [5.74, 6) is 0.567. The fourth-order valence-electron chi connectivity index (χ4n) is 3.68. The van der Waals surface area contributed by atoms with Gasteiger partial charge in [-0.05, 0) is 36.4 Å². The summed E-state index contributed by atoms with van der Waals surface area (Å²) in [5, 5.41) is 16.5. The van der Waals surface area contributed by atoms with E-state index in [-0.39, 0.29) is 22.7 Å². The Kier molecular flexibility index (Phi) is 5.53. The Morgan fingerprint density at radius 1 is 1.12 bits per heavy atom. The number of carbonyl (C=O) groups is 1. The van der Waals surface area contributed by atoms with Gasteiger partial charge in [-0.25, -0.2) is 18.2 Å². The molecule has 10 nitrogen and oxygen atoms in total. The van der Waals surface area contributed by atoms with E-state index in [0.717, 1.165) is 4.31 Å². The third kappa shape index (κ3) is 3.76. The molecule has 2 aromatic rings. The lowest BCUT2D eigenvalue weighted by atomic mass is 10.0. The van der Waals surface area contributed by atoms with E-state index in [1.807, 2.05) is 24.1 Å². The molecule has 2 aliphatic heterocycles. The summed E-state index contributed by atoms with van der Waals surface area (Å²) >= 11 is 0. The number of aromatic nitrogens is 1. The first-order valence-electron chi connectivity index (χ1n) is 9.75. The van der Waals surface area contributed by atoms with Gasteiger partial charge in [0, 0.05) is 45.7 Å². The van der Waals surface area contributed by atoms with Crippen molar-refractivity contribution in [2.45, 2.75) is 4.90 Å². The molecule has 0 saturated carbocycles. The van der Waals surface area contributed by atoms with Crippen LogP contribution in [0.2, 0.25) is 0 Å². The van der Waals surface area contributed by atoms with Crippen LogP contribution in [0.4, 0.5) is 0 Å². The lowest BCUT2D eigenvalue weighted by Gasteiger charge is -2.30. The number of aliphatic carboxylic acids is 1. The Bertz CT molecular complexity index is 1210. The van der Waals surface area contributed by atoms with Crippen molar-refractivity contribution in [1.29, 1.82) is 0 Å². The molecule has 2 N–H and O–H groups in total. The van der Waals surface area contributed by atoms with Crippen molar-refractivity contribution in [1.82, 2.24) is 24.6 Å². The van der Waals surface area contributed by atoms with Gasteiger partial charge in [-0.3, -0.25) is 14.3 Å². The number of ether oxygens (including phenoxy) is 1. The van der Waals surface area contributed by atoms with Gasteiger partial charge in [0.15, 0.2) is 0 Å². The molecule has 11 heteroatoms. The van der Waals surface area contributed by atoms with Gasteiger partial charge >= 0.3 is 5.97 Å². The standard InChI is InChI=1S/C21H23N5O5S/c1-24-13-18-19(17(21(27)28)12-23-20(18)25(24)2)26(3)32(29,30)16-6-4-14(5-7-16)31-15-8-10-22-11-9-15/h4-11,23H,12-13H2,1-3H3,(H,27,28). The molecule has 0 spiro atoms. The molecule has 3 heterocycles. The van der Waals surface area contributed by atoms with E-state index in [9.17, 15) is 18.3 Å². The van der Waals surface area contributed by atoms with Crippen LogP contribution < -0.4 is 10.1 Å². The second-order valence-electron chi connectivity index (χ2n) is 7.38. The summed E-state index contributed by atoms with van der Waals surface area (Å²) in [6.45, 7) is 0.393. The maximum absolute atomic E-state index is 13.4. The molecule has 168 valence electrons. The average Bonchev–Trinajstić information content (AvgIpc) is 3.07. The molecular weight excluding hydrogens is 434 g/mol. The molecule has 0 amide bonds. The summed E-state index contributed by atoms with van der Waals surface area (Å²) in [4.78, 5) is 15.9. The van der Waals surface area contributed by atoms with Crippen LogP contribution in [0, 0.1) is 0 Å². The zero-order valence-corrected chi connectivity index (χ0v) is 18.6. The molecule has 0 saturated heterocycles. The quantitative estimate of drug-likeness (QED) is 0.665. The third-order valence-electron chi connectivity index (χ3n) is 5.45. The predicted molar refractivity (Wildman–Crippen MR) is 116 cm³/mol. The smallest absolute Gasteiger partial charge is 0.335 e. The van der Waals surface area contributed by atoms with Crippen LogP contribution in [0.15, 0.2) is 76.4 Å². The summed E-state index contributed by atoms with van der Waals surface area (Å²) in [5.41, 5.74) is 0.790. The first-order chi connectivity index (χ1) is 15.2. The zero-order valence-electron chi connectivity index (χ0n) is 17.8. The number of nitrogens with zero attached hydrogens (tertiary/aromatic N) is 4. The van der Waals surface area contributed by atoms with E-state index in [0.29, 0.717) is 29.4 Å². The second-order valence-corrected chi connectivity index (χ2v) is 9.35. The predicted octanol–water partition coefficient (Wildman–Crippen LogP) is 1.44. The van der Waals surface area contributed by atoms with Gasteiger partial charge < -0.3 is 15.2 Å². The number of nitrogens with one attached hydrogen (secondary N) is 1. The lowest BCUT2D eigenvalue weighted by molar-refractivity contribution is -0.132. The van der Waals surface area contributed by atoms with Gasteiger partial charge in [0.1, 0.15) is 17.3 Å². The van der Waals surface area contributed by atoms with Crippen molar-refractivity contribution in [3.05, 3.63) is 71.5 Å². The molecule has 0 bridgehead atoms. The summed E-state index contributed by atoms with van der Waals surface area (Å²) in [6.07, 6.45) is 3.19. The number of sulfonamides is 1. The Hall–Kier alpha value is -3.57. The van der Waals surface area contributed by atoms with Crippen molar-refractivity contribution in [3.8, 4) is 11.5 Å². The maximum atomic E-state index is 13.4. The molecule has 1 aromatic carbocycles. The molecule has 0 unspecified atom stereocenters. The van der Waals surface area contributed by atoms with Crippen LogP contribution in [0.5, 0.6) is 11.5 Å². The van der Waals surface area contributed by atoms with Crippen LogP contribution in [0.1, 0.15) is 0 Å². The summed E-state index contributed by atoms with van der Waals surface area (Å²) < 4.78 is 33.5. The second kappa shape index (κ2) is 8.17. The van der Waals surface area contributed by atoms with E-state index in [4.69, 9.17) is 4.74 Å². The van der Waals surface area contributed by atoms with E-state index in [1.54, 1.807) is 36.7 Å². The van der Waals surface area contributed by atoms with Gasteiger partial charge in [0.25, 0.3) is 10.0 Å². The van der Waals surface area contributed by atoms with Gasteiger partial charge in [-0.1, -0.05) is 0 Å². The van der Waals surface area contributed by atoms with Gasteiger partial charge in [-0.2, -0.15) is 0 Å². The first kappa shape index (κ1) is 21.7. The van der Waals surface area contributed by atoms with Crippen LogP contribution in [-0.4, -0.2) is 73.0 Å². The maximum Gasteiger partial charge on any atom is 0.335 e. The molecule has 0 aliphatic carbocycles. The fourth-order valence-corrected chi connectivity index (χ4v) is 4.94. The number of carboxylic acid groups (broad SMARTS) is 1. The Morgan fingerprint density at radius 2 is 1.75 bits per heavy atom. The minimum absolute atomic E-state index is 0.00355. The Labute approximate surface area is 186 Å². The fraction of sp³-hybridized carbons (Fsp3) is 0.238. The zero-order chi connectivity index (χ0) is 23.0. The molecule has 0 radical (unpaired) electrons. The van der Waals surface area contributed by atoms with E-state index < -0.39 is 16.0 Å². The largest absolute Gasteiger partial charge is 0.478 e. The van der Waals surface area contributed by atoms with Gasteiger partial charge in [0.2, 0.25) is 0 Å². The van der Waals surface area contributed by atoms with Gasteiger partial charge in [0.05, 0.1) is 22.7 Å². The number of likely N-dealkylation sites (N-methyl/N-ethyl adjacent to an activating group) is 2. The average molecular weight is 458 g/mol. The molecule has 32 heavy (non-hydrogen) atoms. The number of rotatable bonds is 6. The molecule has 2 aliphatic rings. The minimum Gasteiger partial charge on any atom is -0.478 e. The highest BCUT2D eigenvalue weighted by Crippen LogP contribution is 2.34. The van der Waals surface area contributed by atoms with Crippen LogP contribution in [0.3, 0.4) is 0 Å². The number of dihydropyridines is 1. The minimum atomic E-state index is -4.02. The molecule has 0 atom stereocenters. The first-order valence-corrected chi connectivity index (χ1v) is 11.2. The summed E-state index contributed by atoms with van der Waals surface area (Å²) in [7, 11) is 1.03. The van der Waals surface area contributed by atoms with E-state index >= 15 is 0 Å². The number of hydrogen-bond donors (Lipinski definition) is 2. The van der Waals surface area contributed by atoms with Crippen molar-refractivity contribution in [3.63, 3.8) is 0 Å². The SMILES string of the molecule is CN1CC2=C(NCC(C(=O)O)=C2N(C)S(=O)(=O)c2ccc(Oc3ccncc3)cc2)N1C. The third-order valence-corrected chi connectivity index (χ3v) is 7.22. The summed E-state index contributed by atoms with van der Waals surface area (Å²) in [6, 6.07) is 9.36. The van der Waals surface area contributed by atoms with E-state index in [2.05, 4.69) is 10.3 Å². The van der Waals surface area contributed by atoms with Crippen molar-refractivity contribution >= 4 is 16.0 Å². The highest BCUT2D eigenvalue weighted by molar-refractivity contribution is 7.89. The monoisotopic (exact) mass is 457 g/mol. The van der Waals surface area contributed by atoms with E-state index in [1.165, 1.54) is 19.2 Å². The number of pyridine rings is 1. The number of benzene rings is 1. The highest BCUT2D eigenvalue weighted by Gasteiger charge is 2.38. The molecule has 0 fully saturated rings. The topological polar surface area (TPSA) is 115 Å². The number of hydrogen-bond acceptors (Lipinski definition) is 8. The lowest BCUT2D eigenvalue weighted by Crippen LogP contribution is -2.39. The van der Waals surface area contributed by atoms with Crippen LogP contribution in [0.25, 0.3) is 0 Å². The number of carboxylic acids is 1. The molecule has 1 aromatic heterocycles. The molecule has 4 rings (SSSR count). The van der Waals surface area contributed by atoms with Crippen molar-refractivity contribution in [2.75, 3.05) is 34.2 Å². The number of hydrazine groups is 1. The van der Waals surface area contributed by atoms with Crippen molar-refractivity contribution in [2.24, 2.45) is 0 Å². The van der Waals surface area contributed by atoms with Crippen LogP contribution in [-0.2, 0) is 14.8 Å².